The molecule has 0 unspecified atom stereocenters. The molecule has 94 valence electrons. The van der Waals surface area contributed by atoms with Crippen LogP contribution in [0.4, 0.5) is 17.1 Å². The van der Waals surface area contributed by atoms with E-state index < -0.39 is 5.91 Å². The number of amides is 1. The van der Waals surface area contributed by atoms with Crippen molar-refractivity contribution >= 4 is 23.0 Å². The first kappa shape index (κ1) is 12.0. The Hall–Kier alpha value is -2.50. The topological polar surface area (TPSA) is 99.0 Å². The molecule has 0 bridgehead atoms. The van der Waals surface area contributed by atoms with Crippen molar-refractivity contribution in [1.82, 2.24) is 9.78 Å². The van der Waals surface area contributed by atoms with Crippen LogP contribution in [0.25, 0.3) is 0 Å². The van der Waals surface area contributed by atoms with E-state index >= 15 is 0 Å². The third-order valence-corrected chi connectivity index (χ3v) is 2.62. The molecule has 6 nitrogen and oxygen atoms in total. The molecule has 0 saturated heterocycles. The first-order valence-corrected chi connectivity index (χ1v) is 5.44. The molecule has 0 radical (unpaired) electrons. The molecular formula is C12H15N5O. The Kier molecular flexibility index (Phi) is 2.93. The maximum atomic E-state index is 11.1. The van der Waals surface area contributed by atoms with Gasteiger partial charge in [-0.3, -0.25) is 9.48 Å². The second-order valence-corrected chi connectivity index (χ2v) is 4.09. The number of aromatic nitrogens is 2. The Labute approximate surface area is 105 Å². The fourth-order valence-electron chi connectivity index (χ4n) is 1.69. The normalized spacial score (nSPS) is 10.3. The molecule has 1 aromatic carbocycles. The predicted octanol–water partition coefficient (Wildman–Crippen LogP) is 1.15. The van der Waals surface area contributed by atoms with Crippen molar-refractivity contribution in [2.75, 3.05) is 11.1 Å². The number of anilines is 3. The van der Waals surface area contributed by atoms with E-state index in [1.54, 1.807) is 22.9 Å². The molecule has 2 rings (SSSR count). The van der Waals surface area contributed by atoms with E-state index in [4.69, 9.17) is 11.5 Å². The smallest absolute Gasteiger partial charge is 0.248 e. The van der Waals surface area contributed by atoms with Gasteiger partial charge in [-0.05, 0) is 25.1 Å². The number of aryl methyl sites for hydroxylation is 2. The number of nitrogens with one attached hydrogen (secondary N) is 1. The van der Waals surface area contributed by atoms with Crippen molar-refractivity contribution in [3.63, 3.8) is 0 Å². The third-order valence-electron chi connectivity index (χ3n) is 2.62. The first-order valence-electron chi connectivity index (χ1n) is 5.44. The Morgan fingerprint density at radius 2 is 2.11 bits per heavy atom. The van der Waals surface area contributed by atoms with Gasteiger partial charge >= 0.3 is 0 Å². The van der Waals surface area contributed by atoms with Crippen molar-refractivity contribution in [3.8, 4) is 0 Å². The van der Waals surface area contributed by atoms with Crippen LogP contribution in [0.3, 0.4) is 0 Å². The third kappa shape index (κ3) is 2.27. The van der Waals surface area contributed by atoms with Crippen molar-refractivity contribution in [1.29, 1.82) is 0 Å². The molecule has 0 saturated carbocycles. The lowest BCUT2D eigenvalue weighted by Gasteiger charge is -2.09. The molecule has 0 aliphatic carbocycles. The standard InChI is InChI=1S/C12H15N5O/c1-7-11(6-17(2)16-7)15-10-5-8(12(14)18)3-4-9(10)13/h3-6,15H,13H2,1-2H3,(H2,14,18). The highest BCUT2D eigenvalue weighted by atomic mass is 16.1. The summed E-state index contributed by atoms with van der Waals surface area (Å²) < 4.78 is 1.70. The lowest BCUT2D eigenvalue weighted by Crippen LogP contribution is -2.11. The minimum Gasteiger partial charge on any atom is -0.397 e. The summed E-state index contributed by atoms with van der Waals surface area (Å²) in [6, 6.07) is 4.87. The molecule has 6 heteroatoms. The Balaban J connectivity index is 2.36. The van der Waals surface area contributed by atoms with Crippen molar-refractivity contribution < 1.29 is 4.79 Å². The van der Waals surface area contributed by atoms with Crippen LogP contribution in [0, 0.1) is 6.92 Å². The largest absolute Gasteiger partial charge is 0.397 e. The van der Waals surface area contributed by atoms with E-state index in [1.165, 1.54) is 0 Å². The number of hydrogen-bond donors (Lipinski definition) is 3. The maximum absolute atomic E-state index is 11.1. The quantitative estimate of drug-likeness (QED) is 0.706. The number of carbonyl (C=O) groups excluding carboxylic acids is 1. The molecule has 18 heavy (non-hydrogen) atoms. The van der Waals surface area contributed by atoms with E-state index in [0.29, 0.717) is 16.9 Å². The monoisotopic (exact) mass is 245 g/mol. The number of nitrogen functional groups attached to an aromatic ring is 1. The van der Waals surface area contributed by atoms with Gasteiger partial charge in [0.1, 0.15) is 0 Å². The highest BCUT2D eigenvalue weighted by Gasteiger charge is 2.08. The molecule has 0 spiro atoms. The van der Waals surface area contributed by atoms with Crippen LogP contribution in [-0.2, 0) is 7.05 Å². The van der Waals surface area contributed by atoms with Crippen molar-refractivity contribution in [2.45, 2.75) is 6.92 Å². The zero-order valence-corrected chi connectivity index (χ0v) is 10.3. The summed E-state index contributed by atoms with van der Waals surface area (Å²) in [4.78, 5) is 11.1. The average molecular weight is 245 g/mol. The van der Waals surface area contributed by atoms with Gasteiger partial charge in [0.15, 0.2) is 0 Å². The molecular weight excluding hydrogens is 230 g/mol. The zero-order valence-electron chi connectivity index (χ0n) is 10.3. The lowest BCUT2D eigenvalue weighted by atomic mass is 10.1. The van der Waals surface area contributed by atoms with Crippen LogP contribution in [0.2, 0.25) is 0 Å². The van der Waals surface area contributed by atoms with Gasteiger partial charge in [-0.15, -0.1) is 0 Å². The van der Waals surface area contributed by atoms with Gasteiger partial charge in [0.2, 0.25) is 5.91 Å². The van der Waals surface area contributed by atoms with Gasteiger partial charge in [0.05, 0.1) is 22.8 Å². The van der Waals surface area contributed by atoms with E-state index in [9.17, 15) is 4.79 Å². The first-order chi connectivity index (χ1) is 8.47. The maximum Gasteiger partial charge on any atom is 0.248 e. The summed E-state index contributed by atoms with van der Waals surface area (Å²) in [5, 5.41) is 7.36. The predicted molar refractivity (Wildman–Crippen MR) is 70.6 cm³/mol. The van der Waals surface area contributed by atoms with E-state index in [1.807, 2.05) is 20.2 Å². The number of benzene rings is 1. The van der Waals surface area contributed by atoms with Crippen LogP contribution in [0.1, 0.15) is 16.1 Å². The number of carbonyl (C=O) groups is 1. The fourth-order valence-corrected chi connectivity index (χ4v) is 1.69. The number of rotatable bonds is 3. The molecule has 5 N–H and O–H groups in total. The lowest BCUT2D eigenvalue weighted by molar-refractivity contribution is 0.100. The van der Waals surface area contributed by atoms with Crippen LogP contribution in [0.15, 0.2) is 24.4 Å². The van der Waals surface area contributed by atoms with Crippen molar-refractivity contribution in [3.05, 3.63) is 35.7 Å². The molecule has 0 fully saturated rings. The van der Waals surface area contributed by atoms with Crippen LogP contribution >= 0.6 is 0 Å². The molecule has 2 aromatic rings. The van der Waals surface area contributed by atoms with Crippen LogP contribution in [-0.4, -0.2) is 15.7 Å². The van der Waals surface area contributed by atoms with Gasteiger partial charge in [0.25, 0.3) is 0 Å². The number of nitrogens with two attached hydrogens (primary N) is 2. The zero-order chi connectivity index (χ0) is 13.3. The highest BCUT2D eigenvalue weighted by Crippen LogP contribution is 2.25. The summed E-state index contributed by atoms with van der Waals surface area (Å²) in [7, 11) is 1.83. The molecule has 1 amide bonds. The summed E-state index contributed by atoms with van der Waals surface area (Å²) in [5.41, 5.74) is 14.4. The van der Waals surface area contributed by atoms with Gasteiger partial charge in [-0.2, -0.15) is 5.10 Å². The summed E-state index contributed by atoms with van der Waals surface area (Å²) in [6.07, 6.45) is 1.84. The number of nitrogens with zero attached hydrogens (tertiary/aromatic N) is 2. The second-order valence-electron chi connectivity index (χ2n) is 4.09. The minimum atomic E-state index is -0.485. The molecule has 1 heterocycles. The van der Waals surface area contributed by atoms with Gasteiger partial charge in [-0.25, -0.2) is 0 Å². The summed E-state index contributed by atoms with van der Waals surface area (Å²) in [6.45, 7) is 1.89. The Morgan fingerprint density at radius 3 is 2.67 bits per heavy atom. The molecule has 0 atom stereocenters. The molecule has 0 aliphatic heterocycles. The molecule has 1 aromatic heterocycles. The molecule has 0 aliphatic rings. The van der Waals surface area contributed by atoms with Crippen molar-refractivity contribution in [2.24, 2.45) is 12.8 Å². The summed E-state index contributed by atoms with van der Waals surface area (Å²) >= 11 is 0. The van der Waals surface area contributed by atoms with Gasteiger partial charge < -0.3 is 16.8 Å². The van der Waals surface area contributed by atoms with Gasteiger partial charge in [-0.1, -0.05) is 0 Å². The highest BCUT2D eigenvalue weighted by molar-refractivity contribution is 5.95. The van der Waals surface area contributed by atoms with E-state index in [0.717, 1.165) is 11.4 Å². The van der Waals surface area contributed by atoms with Gasteiger partial charge in [0, 0.05) is 18.8 Å². The van der Waals surface area contributed by atoms with Crippen LogP contribution < -0.4 is 16.8 Å². The minimum absolute atomic E-state index is 0.410. The van der Waals surface area contributed by atoms with Crippen LogP contribution in [0.5, 0.6) is 0 Å². The SMILES string of the molecule is Cc1nn(C)cc1Nc1cc(C(N)=O)ccc1N. The average Bonchev–Trinajstić information content (AvgIpc) is 2.60. The second kappa shape index (κ2) is 4.40. The summed E-state index contributed by atoms with van der Waals surface area (Å²) in [5.74, 6) is -0.485. The number of hydrogen-bond acceptors (Lipinski definition) is 4. The number of primary amides is 1. The Morgan fingerprint density at radius 1 is 1.39 bits per heavy atom. The van der Waals surface area contributed by atoms with E-state index in [2.05, 4.69) is 10.4 Å². The Bertz CT molecular complexity index is 603. The van der Waals surface area contributed by atoms with E-state index in [-0.39, 0.29) is 0 Å². The fraction of sp³-hybridized carbons (Fsp3) is 0.167.